The van der Waals surface area contributed by atoms with Crippen molar-refractivity contribution in [3.8, 4) is 0 Å². The van der Waals surface area contributed by atoms with Crippen molar-refractivity contribution in [2.24, 2.45) is 5.73 Å². The Morgan fingerprint density at radius 1 is 1.12 bits per heavy atom. The number of rotatable bonds is 2. The molecule has 0 aliphatic carbocycles. The first-order valence-electron chi connectivity index (χ1n) is 5.04. The van der Waals surface area contributed by atoms with E-state index in [2.05, 4.69) is 15.9 Å². The monoisotopic (exact) mass is 313 g/mol. The Hall–Kier alpha value is -0.900. The molecular formula is C13H10BrClFN. The molecule has 0 fully saturated rings. The third-order valence-electron chi connectivity index (χ3n) is 2.52. The third kappa shape index (κ3) is 2.86. The lowest BCUT2D eigenvalue weighted by atomic mass is 9.99. The molecule has 1 atom stereocenters. The maximum Gasteiger partial charge on any atom is 0.128 e. The molecule has 0 heterocycles. The zero-order valence-corrected chi connectivity index (χ0v) is 11.2. The van der Waals surface area contributed by atoms with Gasteiger partial charge in [0.25, 0.3) is 0 Å². The highest BCUT2D eigenvalue weighted by Gasteiger charge is 2.13. The molecule has 1 nitrogen and oxygen atoms in total. The Kier molecular flexibility index (Phi) is 3.82. The standard InChI is InChI=1S/C13H10BrClFN/c14-9-3-1-8(2-4-9)13(17)11-7-10(15)5-6-12(11)16/h1-7,13H,17H2. The summed E-state index contributed by atoms with van der Waals surface area (Å²) in [5.41, 5.74) is 7.27. The van der Waals surface area contributed by atoms with Crippen LogP contribution in [0.1, 0.15) is 17.2 Å². The molecule has 0 aliphatic rings. The Morgan fingerprint density at radius 3 is 2.41 bits per heavy atom. The molecule has 2 aromatic carbocycles. The molecular weight excluding hydrogens is 305 g/mol. The molecule has 0 saturated heterocycles. The van der Waals surface area contributed by atoms with E-state index in [9.17, 15) is 4.39 Å². The van der Waals surface area contributed by atoms with Crippen LogP contribution in [-0.4, -0.2) is 0 Å². The molecule has 4 heteroatoms. The van der Waals surface area contributed by atoms with E-state index in [1.807, 2.05) is 24.3 Å². The van der Waals surface area contributed by atoms with Crippen LogP contribution in [0.15, 0.2) is 46.9 Å². The maximum atomic E-state index is 13.6. The van der Waals surface area contributed by atoms with Gasteiger partial charge in [-0.05, 0) is 35.9 Å². The number of halogens is 3. The summed E-state index contributed by atoms with van der Waals surface area (Å²) in [6, 6.07) is 11.3. The van der Waals surface area contributed by atoms with Gasteiger partial charge in [-0.1, -0.05) is 39.7 Å². The van der Waals surface area contributed by atoms with Gasteiger partial charge in [0.15, 0.2) is 0 Å². The molecule has 2 aromatic rings. The predicted molar refractivity (Wildman–Crippen MR) is 71.6 cm³/mol. The summed E-state index contributed by atoms with van der Waals surface area (Å²) in [6.45, 7) is 0. The minimum absolute atomic E-state index is 0.343. The van der Waals surface area contributed by atoms with E-state index in [0.29, 0.717) is 10.6 Å². The van der Waals surface area contributed by atoms with Gasteiger partial charge in [-0.25, -0.2) is 4.39 Å². The normalized spacial score (nSPS) is 12.5. The van der Waals surface area contributed by atoms with E-state index < -0.39 is 6.04 Å². The topological polar surface area (TPSA) is 26.0 Å². The van der Waals surface area contributed by atoms with E-state index in [1.165, 1.54) is 12.1 Å². The second-order valence-electron chi connectivity index (χ2n) is 3.70. The molecule has 0 radical (unpaired) electrons. The Morgan fingerprint density at radius 2 is 1.76 bits per heavy atom. The van der Waals surface area contributed by atoms with E-state index >= 15 is 0 Å². The SMILES string of the molecule is NC(c1ccc(Br)cc1)c1cc(Cl)ccc1F. The molecule has 0 bridgehead atoms. The van der Waals surface area contributed by atoms with Gasteiger partial charge in [0.2, 0.25) is 0 Å². The number of hydrogen-bond acceptors (Lipinski definition) is 1. The van der Waals surface area contributed by atoms with Gasteiger partial charge < -0.3 is 5.73 Å². The zero-order valence-electron chi connectivity index (χ0n) is 8.83. The minimum atomic E-state index is -0.512. The van der Waals surface area contributed by atoms with E-state index in [1.54, 1.807) is 6.07 Å². The highest BCUT2D eigenvalue weighted by Crippen LogP contribution is 2.25. The second-order valence-corrected chi connectivity index (χ2v) is 5.05. The maximum absolute atomic E-state index is 13.6. The molecule has 0 saturated carbocycles. The minimum Gasteiger partial charge on any atom is -0.320 e. The smallest absolute Gasteiger partial charge is 0.128 e. The Labute approximate surface area is 113 Å². The average Bonchev–Trinajstić information content (AvgIpc) is 2.32. The molecule has 88 valence electrons. The van der Waals surface area contributed by atoms with E-state index in [0.717, 1.165) is 10.0 Å². The average molecular weight is 315 g/mol. The van der Waals surface area contributed by atoms with Crippen LogP contribution in [0.2, 0.25) is 5.02 Å². The van der Waals surface area contributed by atoms with Crippen LogP contribution in [0, 0.1) is 5.82 Å². The first-order valence-corrected chi connectivity index (χ1v) is 6.21. The van der Waals surface area contributed by atoms with Gasteiger partial charge in [0, 0.05) is 15.1 Å². The molecule has 0 aromatic heterocycles. The molecule has 0 aliphatic heterocycles. The van der Waals surface area contributed by atoms with Crippen LogP contribution in [0.4, 0.5) is 4.39 Å². The first-order chi connectivity index (χ1) is 8.08. The van der Waals surface area contributed by atoms with Gasteiger partial charge in [-0.15, -0.1) is 0 Å². The molecule has 2 N–H and O–H groups in total. The van der Waals surface area contributed by atoms with Crippen molar-refractivity contribution in [2.45, 2.75) is 6.04 Å². The van der Waals surface area contributed by atoms with Crippen molar-refractivity contribution < 1.29 is 4.39 Å². The summed E-state index contributed by atoms with van der Waals surface area (Å²) in [5, 5.41) is 0.481. The van der Waals surface area contributed by atoms with Crippen molar-refractivity contribution in [3.05, 3.63) is 68.9 Å². The van der Waals surface area contributed by atoms with Crippen LogP contribution < -0.4 is 5.73 Å². The second kappa shape index (κ2) is 5.17. The van der Waals surface area contributed by atoms with Crippen molar-refractivity contribution in [2.75, 3.05) is 0 Å². The summed E-state index contributed by atoms with van der Waals surface area (Å²) < 4.78 is 14.6. The lowest BCUT2D eigenvalue weighted by molar-refractivity contribution is 0.600. The van der Waals surface area contributed by atoms with Crippen LogP contribution in [0.3, 0.4) is 0 Å². The fourth-order valence-electron chi connectivity index (χ4n) is 1.60. The predicted octanol–water partition coefficient (Wildman–Crippen LogP) is 4.29. The number of nitrogens with two attached hydrogens (primary N) is 1. The van der Waals surface area contributed by atoms with Crippen LogP contribution in [-0.2, 0) is 0 Å². The van der Waals surface area contributed by atoms with Gasteiger partial charge in [-0.2, -0.15) is 0 Å². The van der Waals surface area contributed by atoms with Crippen molar-refractivity contribution in [1.29, 1.82) is 0 Å². The fourth-order valence-corrected chi connectivity index (χ4v) is 2.05. The molecule has 17 heavy (non-hydrogen) atoms. The summed E-state index contributed by atoms with van der Waals surface area (Å²) in [4.78, 5) is 0. The summed E-state index contributed by atoms with van der Waals surface area (Å²) >= 11 is 9.18. The first kappa shape index (κ1) is 12.6. The number of hydrogen-bond donors (Lipinski definition) is 1. The van der Waals surface area contributed by atoms with Gasteiger partial charge in [0.1, 0.15) is 5.82 Å². The highest BCUT2D eigenvalue weighted by molar-refractivity contribution is 9.10. The summed E-state index contributed by atoms with van der Waals surface area (Å²) in [7, 11) is 0. The van der Waals surface area contributed by atoms with Crippen LogP contribution in [0.5, 0.6) is 0 Å². The molecule has 2 rings (SSSR count). The van der Waals surface area contributed by atoms with Crippen molar-refractivity contribution in [1.82, 2.24) is 0 Å². The lowest BCUT2D eigenvalue weighted by Crippen LogP contribution is -2.13. The quantitative estimate of drug-likeness (QED) is 0.879. The molecule has 1 unspecified atom stereocenters. The van der Waals surface area contributed by atoms with Gasteiger partial charge in [-0.3, -0.25) is 0 Å². The third-order valence-corrected chi connectivity index (χ3v) is 3.29. The summed E-state index contributed by atoms with van der Waals surface area (Å²) in [5.74, 6) is -0.343. The van der Waals surface area contributed by atoms with E-state index in [4.69, 9.17) is 17.3 Å². The zero-order chi connectivity index (χ0) is 12.4. The van der Waals surface area contributed by atoms with E-state index in [-0.39, 0.29) is 5.82 Å². The van der Waals surface area contributed by atoms with Gasteiger partial charge >= 0.3 is 0 Å². The Bertz CT molecular complexity index is 527. The Balaban J connectivity index is 2.39. The molecule has 0 amide bonds. The summed E-state index contributed by atoms with van der Waals surface area (Å²) in [6.07, 6.45) is 0. The fraction of sp³-hybridized carbons (Fsp3) is 0.0769. The largest absolute Gasteiger partial charge is 0.320 e. The van der Waals surface area contributed by atoms with Crippen molar-refractivity contribution in [3.63, 3.8) is 0 Å². The lowest BCUT2D eigenvalue weighted by Gasteiger charge is -2.13. The number of benzene rings is 2. The van der Waals surface area contributed by atoms with Crippen LogP contribution in [0.25, 0.3) is 0 Å². The highest BCUT2D eigenvalue weighted by atomic mass is 79.9. The van der Waals surface area contributed by atoms with Crippen molar-refractivity contribution >= 4 is 27.5 Å². The van der Waals surface area contributed by atoms with Gasteiger partial charge in [0.05, 0.1) is 6.04 Å². The van der Waals surface area contributed by atoms with Crippen LogP contribution >= 0.6 is 27.5 Å². The molecule has 0 spiro atoms.